The van der Waals surface area contributed by atoms with Crippen LogP contribution < -0.4 is 4.74 Å². The third-order valence-corrected chi connectivity index (χ3v) is 5.40. The second kappa shape index (κ2) is 8.44. The molecule has 0 atom stereocenters. The van der Waals surface area contributed by atoms with E-state index in [4.69, 9.17) is 9.84 Å². The van der Waals surface area contributed by atoms with Crippen LogP contribution in [0.3, 0.4) is 0 Å². The van der Waals surface area contributed by atoms with E-state index >= 15 is 0 Å². The Kier molecular flexibility index (Phi) is 5.58. The Balaban J connectivity index is 1.39. The molecule has 0 unspecified atom stereocenters. The van der Waals surface area contributed by atoms with Crippen molar-refractivity contribution in [3.8, 4) is 5.75 Å². The lowest BCUT2D eigenvalue weighted by molar-refractivity contribution is 0.131. The van der Waals surface area contributed by atoms with Gasteiger partial charge < -0.3 is 4.74 Å². The molecule has 1 aliphatic rings. The third-order valence-electron chi connectivity index (χ3n) is 5.40. The summed E-state index contributed by atoms with van der Waals surface area (Å²) in [5, 5.41) is 9.71. The highest BCUT2D eigenvalue weighted by atomic mass is 16.5. The van der Waals surface area contributed by atoms with Crippen molar-refractivity contribution in [2.45, 2.75) is 13.5 Å². The lowest BCUT2D eigenvalue weighted by atomic mass is 10.0. The van der Waals surface area contributed by atoms with Gasteiger partial charge in [-0.15, -0.1) is 0 Å². The van der Waals surface area contributed by atoms with Crippen molar-refractivity contribution >= 4 is 16.5 Å². The third kappa shape index (κ3) is 4.18. The molecule has 3 aromatic carbocycles. The molecule has 0 radical (unpaired) electrons. The molecule has 144 valence electrons. The maximum Gasteiger partial charge on any atom is 0.119 e. The van der Waals surface area contributed by atoms with Crippen molar-refractivity contribution in [3.05, 3.63) is 77.9 Å². The van der Waals surface area contributed by atoms with Crippen LogP contribution in [0.2, 0.25) is 0 Å². The van der Waals surface area contributed by atoms with Crippen LogP contribution in [-0.2, 0) is 6.54 Å². The van der Waals surface area contributed by atoms with E-state index in [1.165, 1.54) is 16.3 Å². The number of hydrogen-bond donors (Lipinski definition) is 0. The lowest BCUT2D eigenvalue weighted by Gasteiger charge is -2.33. The van der Waals surface area contributed by atoms with Gasteiger partial charge in [-0.1, -0.05) is 54.6 Å². The van der Waals surface area contributed by atoms with Crippen LogP contribution in [0, 0.1) is 0 Å². The number of rotatable bonds is 5. The van der Waals surface area contributed by atoms with Gasteiger partial charge in [0, 0.05) is 38.3 Å². The van der Waals surface area contributed by atoms with Gasteiger partial charge in [0.05, 0.1) is 12.8 Å². The average molecular weight is 374 g/mol. The molecule has 1 aliphatic heterocycles. The van der Waals surface area contributed by atoms with E-state index in [1.54, 1.807) is 7.11 Å². The van der Waals surface area contributed by atoms with Gasteiger partial charge in [-0.25, -0.2) is 0 Å². The average Bonchev–Trinajstić information content (AvgIpc) is 2.75. The zero-order valence-electron chi connectivity index (χ0n) is 16.6. The fourth-order valence-corrected chi connectivity index (χ4v) is 3.78. The minimum absolute atomic E-state index is 0.868. The van der Waals surface area contributed by atoms with Crippen molar-refractivity contribution in [2.24, 2.45) is 5.10 Å². The maximum absolute atomic E-state index is 5.32. The summed E-state index contributed by atoms with van der Waals surface area (Å²) in [6.45, 7) is 7.01. The molecule has 4 nitrogen and oxygen atoms in total. The molecule has 3 aromatic rings. The fourth-order valence-electron chi connectivity index (χ4n) is 3.78. The Morgan fingerprint density at radius 2 is 1.68 bits per heavy atom. The molecule has 0 bridgehead atoms. The summed E-state index contributed by atoms with van der Waals surface area (Å²) in [6.07, 6.45) is 0. The summed E-state index contributed by atoms with van der Waals surface area (Å²) in [4.78, 5) is 2.52. The van der Waals surface area contributed by atoms with E-state index in [0.29, 0.717) is 0 Å². The largest absolute Gasteiger partial charge is 0.497 e. The number of nitrogens with zero attached hydrogens (tertiary/aromatic N) is 3. The summed E-state index contributed by atoms with van der Waals surface area (Å²) in [5.41, 5.74) is 3.54. The smallest absolute Gasteiger partial charge is 0.119 e. The number of benzene rings is 3. The molecule has 0 saturated carbocycles. The number of methoxy groups -OCH3 is 1. The zero-order chi connectivity index (χ0) is 19.3. The highest BCUT2D eigenvalue weighted by molar-refractivity contribution is 5.98. The van der Waals surface area contributed by atoms with E-state index in [1.807, 2.05) is 18.2 Å². The van der Waals surface area contributed by atoms with Crippen molar-refractivity contribution in [3.63, 3.8) is 0 Å². The van der Waals surface area contributed by atoms with Gasteiger partial charge in [0.25, 0.3) is 0 Å². The lowest BCUT2D eigenvalue weighted by Crippen LogP contribution is -2.43. The quantitative estimate of drug-likeness (QED) is 0.621. The maximum atomic E-state index is 5.32. The normalized spacial score (nSPS) is 15.8. The molecule has 0 spiro atoms. The van der Waals surface area contributed by atoms with Gasteiger partial charge >= 0.3 is 0 Å². The van der Waals surface area contributed by atoms with Crippen LogP contribution in [0.5, 0.6) is 5.75 Å². The van der Waals surface area contributed by atoms with Gasteiger partial charge in [0.15, 0.2) is 0 Å². The SMILES string of the molecule is COc1cccc(/C(C)=N/N2CCN(Cc3cccc4ccccc34)CC2)c1. The minimum Gasteiger partial charge on any atom is -0.497 e. The van der Waals surface area contributed by atoms with Gasteiger partial charge in [0.1, 0.15) is 5.75 Å². The number of hydrazone groups is 1. The molecule has 4 heteroatoms. The van der Waals surface area contributed by atoms with Crippen molar-refractivity contribution < 1.29 is 4.74 Å². The molecule has 1 saturated heterocycles. The van der Waals surface area contributed by atoms with E-state index in [9.17, 15) is 0 Å². The minimum atomic E-state index is 0.868. The molecule has 0 aromatic heterocycles. The Labute approximate surface area is 167 Å². The predicted octanol–water partition coefficient (Wildman–Crippen LogP) is 4.39. The Morgan fingerprint density at radius 3 is 2.50 bits per heavy atom. The second-order valence-corrected chi connectivity index (χ2v) is 7.29. The van der Waals surface area contributed by atoms with Crippen LogP contribution in [-0.4, -0.2) is 48.9 Å². The Hall–Kier alpha value is -2.85. The number of fused-ring (bicyclic) bond motifs is 1. The number of hydrogen-bond acceptors (Lipinski definition) is 4. The molecule has 0 aliphatic carbocycles. The molecule has 4 rings (SSSR count). The molecule has 1 fully saturated rings. The summed E-state index contributed by atoms with van der Waals surface area (Å²) < 4.78 is 5.32. The monoisotopic (exact) mass is 373 g/mol. The van der Waals surface area contributed by atoms with Gasteiger partial charge in [0.2, 0.25) is 0 Å². The Morgan fingerprint density at radius 1 is 0.929 bits per heavy atom. The first-order valence-corrected chi connectivity index (χ1v) is 9.86. The first kappa shape index (κ1) is 18.5. The number of ether oxygens (including phenoxy) is 1. The van der Waals surface area contributed by atoms with Crippen molar-refractivity contribution in [1.82, 2.24) is 9.91 Å². The molecule has 0 N–H and O–H groups in total. The fraction of sp³-hybridized carbons (Fsp3) is 0.292. The van der Waals surface area contributed by atoms with Crippen LogP contribution >= 0.6 is 0 Å². The van der Waals surface area contributed by atoms with E-state index in [0.717, 1.165) is 49.7 Å². The summed E-state index contributed by atoms with van der Waals surface area (Å²) in [5.74, 6) is 0.868. The van der Waals surface area contributed by atoms with Crippen LogP contribution in [0.15, 0.2) is 71.8 Å². The molecule has 1 heterocycles. The highest BCUT2D eigenvalue weighted by Gasteiger charge is 2.17. The zero-order valence-corrected chi connectivity index (χ0v) is 16.6. The van der Waals surface area contributed by atoms with Crippen LogP contribution in [0.1, 0.15) is 18.1 Å². The predicted molar refractivity (Wildman–Crippen MR) is 116 cm³/mol. The van der Waals surface area contributed by atoms with Gasteiger partial charge in [-0.3, -0.25) is 9.91 Å². The first-order valence-electron chi connectivity index (χ1n) is 9.86. The summed E-state index contributed by atoms with van der Waals surface area (Å²) >= 11 is 0. The summed E-state index contributed by atoms with van der Waals surface area (Å²) in [6, 6.07) is 23.3. The van der Waals surface area contributed by atoms with E-state index < -0.39 is 0 Å². The van der Waals surface area contributed by atoms with Crippen LogP contribution in [0.25, 0.3) is 10.8 Å². The highest BCUT2D eigenvalue weighted by Crippen LogP contribution is 2.21. The van der Waals surface area contributed by atoms with Gasteiger partial charge in [-0.05, 0) is 35.4 Å². The molecule has 28 heavy (non-hydrogen) atoms. The van der Waals surface area contributed by atoms with E-state index in [-0.39, 0.29) is 0 Å². The molecular weight excluding hydrogens is 346 g/mol. The summed E-state index contributed by atoms with van der Waals surface area (Å²) in [7, 11) is 1.70. The molecular formula is C24H27N3O. The molecule has 0 amide bonds. The van der Waals surface area contributed by atoms with E-state index in [2.05, 4.69) is 65.4 Å². The standard InChI is InChI=1S/C24H27N3O/c1-19(21-9-6-11-23(17-21)28-2)25-27-15-13-26(14-16-27)18-22-10-5-8-20-7-3-4-12-24(20)22/h3-12,17H,13-16,18H2,1-2H3/b25-19+. The Bertz CT molecular complexity index is 969. The van der Waals surface area contributed by atoms with Crippen LogP contribution in [0.4, 0.5) is 0 Å². The second-order valence-electron chi connectivity index (χ2n) is 7.29. The number of piperazine rings is 1. The van der Waals surface area contributed by atoms with Crippen molar-refractivity contribution in [1.29, 1.82) is 0 Å². The van der Waals surface area contributed by atoms with Gasteiger partial charge in [-0.2, -0.15) is 5.10 Å². The first-order chi connectivity index (χ1) is 13.7. The van der Waals surface area contributed by atoms with Crippen molar-refractivity contribution in [2.75, 3.05) is 33.3 Å². The topological polar surface area (TPSA) is 28.1 Å².